The van der Waals surface area contributed by atoms with Crippen LogP contribution in [0.3, 0.4) is 0 Å². The molecule has 0 fully saturated rings. The van der Waals surface area contributed by atoms with Crippen LogP contribution in [0, 0.1) is 5.92 Å². The van der Waals surface area contributed by atoms with Crippen LogP contribution in [-0.4, -0.2) is 23.9 Å². The fourth-order valence-corrected chi connectivity index (χ4v) is 4.08. The van der Waals surface area contributed by atoms with Gasteiger partial charge in [0.05, 0.1) is 12.0 Å². The minimum absolute atomic E-state index is 0.0874. The van der Waals surface area contributed by atoms with Gasteiger partial charge in [0.15, 0.2) is 0 Å². The maximum Gasteiger partial charge on any atom is 0.234 e. The number of hydrogen-bond donors (Lipinski definition) is 0. The number of rotatable bonds is 0. The third kappa shape index (κ3) is 2.15. The Bertz CT molecular complexity index is 446. The van der Waals surface area contributed by atoms with Crippen LogP contribution in [0.25, 0.3) is 0 Å². The Morgan fingerprint density at radius 2 is 1.58 bits per heavy atom. The summed E-state index contributed by atoms with van der Waals surface area (Å²) in [6.45, 7) is 2.14. The second kappa shape index (κ2) is 5.15. The summed E-state index contributed by atoms with van der Waals surface area (Å²) in [5, 5.41) is 0. The highest BCUT2D eigenvalue weighted by atomic mass is 16.2. The van der Waals surface area contributed by atoms with E-state index in [2.05, 4.69) is 13.0 Å². The molecule has 0 aromatic carbocycles. The van der Waals surface area contributed by atoms with E-state index in [4.69, 9.17) is 0 Å². The normalized spacial score (nSPS) is 32.2. The molecule has 0 radical (unpaired) electrons. The molecule has 0 aromatic heterocycles. The van der Waals surface area contributed by atoms with E-state index < -0.39 is 0 Å². The Morgan fingerprint density at radius 1 is 1.00 bits per heavy atom. The third-order valence-electron chi connectivity index (χ3n) is 5.15. The molecular formula is C17H25NO. The zero-order chi connectivity index (χ0) is 13.4. The van der Waals surface area contributed by atoms with Crippen LogP contribution in [0.1, 0.15) is 58.3 Å². The molecule has 0 aromatic rings. The van der Waals surface area contributed by atoms with Crippen molar-refractivity contribution in [3.05, 3.63) is 22.8 Å². The van der Waals surface area contributed by atoms with Gasteiger partial charge in [-0.3, -0.25) is 4.79 Å². The zero-order valence-electron chi connectivity index (χ0n) is 12.2. The highest BCUT2D eigenvalue weighted by Gasteiger charge is 2.42. The van der Waals surface area contributed by atoms with E-state index >= 15 is 0 Å². The van der Waals surface area contributed by atoms with Crippen molar-refractivity contribution in [2.45, 2.75) is 64.3 Å². The van der Waals surface area contributed by atoms with Crippen molar-refractivity contribution in [1.82, 2.24) is 4.90 Å². The molecule has 0 spiro atoms. The van der Waals surface area contributed by atoms with Crippen LogP contribution < -0.4 is 0 Å². The lowest BCUT2D eigenvalue weighted by molar-refractivity contribution is -0.134. The molecule has 0 saturated carbocycles. The molecule has 2 bridgehead atoms. The van der Waals surface area contributed by atoms with Crippen molar-refractivity contribution >= 4 is 5.91 Å². The van der Waals surface area contributed by atoms with E-state index in [1.165, 1.54) is 56.1 Å². The fourth-order valence-electron chi connectivity index (χ4n) is 4.08. The van der Waals surface area contributed by atoms with Crippen LogP contribution in [0.4, 0.5) is 0 Å². The number of nitrogens with zero attached hydrogens (tertiary/aromatic N) is 1. The van der Waals surface area contributed by atoms with Crippen LogP contribution in [0.15, 0.2) is 22.8 Å². The lowest BCUT2D eigenvalue weighted by Crippen LogP contribution is -2.50. The standard InChI is InChI=1S/C17H25NO/c1-12-11-15-13-9-7-5-3-4-6-8-10-14(13)16(12)17(19)18(15)2/h11,15-16H,3-10H2,1-2H3. The maximum absolute atomic E-state index is 12.5. The Balaban J connectivity index is 1.95. The molecule has 2 atom stereocenters. The molecule has 0 N–H and O–H groups in total. The topological polar surface area (TPSA) is 20.3 Å². The van der Waals surface area contributed by atoms with Crippen LogP contribution in [0.2, 0.25) is 0 Å². The summed E-state index contributed by atoms with van der Waals surface area (Å²) >= 11 is 0. The van der Waals surface area contributed by atoms with Gasteiger partial charge in [0.25, 0.3) is 0 Å². The number of likely N-dealkylation sites (N-methyl/N-ethyl adjacent to an activating group) is 1. The Hall–Kier alpha value is -1.05. The molecule has 19 heavy (non-hydrogen) atoms. The van der Waals surface area contributed by atoms with Gasteiger partial charge in [-0.05, 0) is 38.2 Å². The second-order valence-electron chi connectivity index (χ2n) is 6.41. The Labute approximate surface area is 116 Å². The fraction of sp³-hybridized carbons (Fsp3) is 0.706. The van der Waals surface area contributed by atoms with Gasteiger partial charge in [0, 0.05) is 7.05 Å². The predicted molar refractivity (Wildman–Crippen MR) is 77.8 cm³/mol. The summed E-state index contributed by atoms with van der Waals surface area (Å²) in [4.78, 5) is 14.4. The summed E-state index contributed by atoms with van der Waals surface area (Å²) < 4.78 is 0. The molecule has 2 nitrogen and oxygen atoms in total. The van der Waals surface area contributed by atoms with Gasteiger partial charge < -0.3 is 4.90 Å². The summed E-state index contributed by atoms with van der Waals surface area (Å²) in [5.74, 6) is 0.422. The summed E-state index contributed by atoms with van der Waals surface area (Å²) in [6.07, 6.45) is 12.7. The average molecular weight is 259 g/mol. The molecule has 2 heteroatoms. The second-order valence-corrected chi connectivity index (χ2v) is 6.41. The number of fused-ring (bicyclic) bond motifs is 1. The molecule has 2 aliphatic carbocycles. The molecule has 2 unspecified atom stereocenters. The zero-order valence-corrected chi connectivity index (χ0v) is 12.2. The summed E-state index contributed by atoms with van der Waals surface area (Å²) in [6, 6.07) is 0.270. The van der Waals surface area contributed by atoms with E-state index in [0.29, 0.717) is 5.91 Å². The monoisotopic (exact) mass is 259 g/mol. The van der Waals surface area contributed by atoms with Crippen molar-refractivity contribution in [3.63, 3.8) is 0 Å². The number of carbonyl (C=O) groups is 1. The summed E-state index contributed by atoms with van der Waals surface area (Å²) in [7, 11) is 1.98. The van der Waals surface area contributed by atoms with E-state index in [1.54, 1.807) is 5.57 Å². The van der Waals surface area contributed by atoms with Gasteiger partial charge in [0.1, 0.15) is 0 Å². The lowest BCUT2D eigenvalue weighted by Gasteiger charge is -2.45. The first-order valence-corrected chi connectivity index (χ1v) is 7.87. The number of hydrogen-bond acceptors (Lipinski definition) is 1. The Morgan fingerprint density at radius 3 is 2.26 bits per heavy atom. The highest BCUT2D eigenvalue weighted by Crippen LogP contribution is 2.43. The van der Waals surface area contributed by atoms with Crippen molar-refractivity contribution in [1.29, 1.82) is 0 Å². The molecule has 0 saturated heterocycles. The van der Waals surface area contributed by atoms with Crippen molar-refractivity contribution < 1.29 is 4.79 Å². The molecule has 4 aliphatic rings. The lowest BCUT2D eigenvalue weighted by atomic mass is 9.72. The highest BCUT2D eigenvalue weighted by molar-refractivity contribution is 5.89. The van der Waals surface area contributed by atoms with Crippen LogP contribution in [0.5, 0.6) is 0 Å². The minimum Gasteiger partial charge on any atom is -0.335 e. The molecule has 104 valence electrons. The van der Waals surface area contributed by atoms with Crippen molar-refractivity contribution in [2.75, 3.05) is 7.05 Å². The summed E-state index contributed by atoms with van der Waals surface area (Å²) in [5.41, 5.74) is 4.37. The van der Waals surface area contributed by atoms with Crippen LogP contribution in [-0.2, 0) is 4.79 Å². The van der Waals surface area contributed by atoms with Crippen LogP contribution >= 0.6 is 0 Å². The number of carbonyl (C=O) groups excluding carboxylic acids is 1. The number of amides is 1. The molecular weight excluding hydrogens is 234 g/mol. The van der Waals surface area contributed by atoms with E-state index in [9.17, 15) is 4.79 Å². The average Bonchev–Trinajstić information content (AvgIpc) is 2.40. The van der Waals surface area contributed by atoms with E-state index in [-0.39, 0.29) is 12.0 Å². The molecule has 1 amide bonds. The quantitative estimate of drug-likeness (QED) is 0.605. The molecule has 2 aliphatic heterocycles. The first-order chi connectivity index (χ1) is 9.20. The maximum atomic E-state index is 12.5. The third-order valence-corrected chi connectivity index (χ3v) is 5.15. The van der Waals surface area contributed by atoms with Crippen molar-refractivity contribution in [3.8, 4) is 0 Å². The molecule has 4 rings (SSSR count). The van der Waals surface area contributed by atoms with Gasteiger partial charge in [-0.15, -0.1) is 0 Å². The SMILES string of the molecule is CC1=CC2C3=C(CCCCCCCC3)C1C(=O)N2C. The van der Waals surface area contributed by atoms with Crippen molar-refractivity contribution in [2.24, 2.45) is 5.92 Å². The van der Waals surface area contributed by atoms with Gasteiger partial charge in [-0.2, -0.15) is 0 Å². The van der Waals surface area contributed by atoms with Gasteiger partial charge in [0.2, 0.25) is 5.91 Å². The predicted octanol–water partition coefficient (Wildman–Crippen LogP) is 3.83. The van der Waals surface area contributed by atoms with E-state index in [1.807, 2.05) is 11.9 Å². The smallest absolute Gasteiger partial charge is 0.234 e. The first-order valence-electron chi connectivity index (χ1n) is 7.87. The van der Waals surface area contributed by atoms with E-state index in [0.717, 1.165) is 6.42 Å². The van der Waals surface area contributed by atoms with Gasteiger partial charge >= 0.3 is 0 Å². The van der Waals surface area contributed by atoms with Gasteiger partial charge in [-0.1, -0.05) is 42.9 Å². The Kier molecular flexibility index (Phi) is 3.51. The largest absolute Gasteiger partial charge is 0.335 e. The molecule has 2 heterocycles. The first kappa shape index (κ1) is 13.0. The van der Waals surface area contributed by atoms with Gasteiger partial charge in [-0.25, -0.2) is 0 Å². The minimum atomic E-state index is 0.0874.